The summed E-state index contributed by atoms with van der Waals surface area (Å²) in [7, 11) is 0. The molecule has 0 atom stereocenters. The van der Waals surface area contributed by atoms with Gasteiger partial charge in [0.1, 0.15) is 0 Å². The number of benzene rings is 2. The van der Waals surface area contributed by atoms with Crippen molar-refractivity contribution in [3.8, 4) is 11.8 Å². The zero-order valence-corrected chi connectivity index (χ0v) is 10.1. The van der Waals surface area contributed by atoms with Crippen LogP contribution in [-0.4, -0.2) is 0 Å². The highest BCUT2D eigenvalue weighted by molar-refractivity contribution is 5.46. The molecule has 0 heteroatoms. The second kappa shape index (κ2) is 5.92. The van der Waals surface area contributed by atoms with E-state index in [0.29, 0.717) is 0 Å². The van der Waals surface area contributed by atoms with Crippen LogP contribution in [0.4, 0.5) is 0 Å². The Labute approximate surface area is 103 Å². The van der Waals surface area contributed by atoms with Crippen molar-refractivity contribution >= 4 is 0 Å². The van der Waals surface area contributed by atoms with E-state index in [4.69, 9.17) is 0 Å². The lowest BCUT2D eigenvalue weighted by Crippen LogP contribution is -1.88. The highest BCUT2D eigenvalue weighted by Gasteiger charge is 1.96. The van der Waals surface area contributed by atoms with Crippen LogP contribution in [0.5, 0.6) is 0 Å². The fraction of sp³-hybridized carbons (Fsp3) is 0.176. The molecule has 0 fully saturated rings. The van der Waals surface area contributed by atoms with E-state index in [1.54, 1.807) is 0 Å². The zero-order chi connectivity index (χ0) is 11.9. The van der Waals surface area contributed by atoms with Gasteiger partial charge in [-0.3, -0.25) is 0 Å². The quantitative estimate of drug-likeness (QED) is 0.670. The summed E-state index contributed by atoms with van der Waals surface area (Å²) in [6.07, 6.45) is 2.25. The molecule has 17 heavy (non-hydrogen) atoms. The third-order valence-electron chi connectivity index (χ3n) is 2.65. The van der Waals surface area contributed by atoms with E-state index in [9.17, 15) is 0 Å². The maximum Gasteiger partial charge on any atom is 0.0281 e. The van der Waals surface area contributed by atoms with E-state index in [0.717, 1.165) is 24.0 Å². The molecule has 0 nitrogen and oxygen atoms in total. The number of aryl methyl sites for hydroxylation is 1. The van der Waals surface area contributed by atoms with Crippen LogP contribution in [0.2, 0.25) is 0 Å². The largest absolute Gasteiger partial charge is 0.0651 e. The maximum absolute atomic E-state index is 3.26. The van der Waals surface area contributed by atoms with Crippen molar-refractivity contribution in [1.82, 2.24) is 0 Å². The van der Waals surface area contributed by atoms with Crippen molar-refractivity contribution in [2.45, 2.75) is 19.8 Å². The summed E-state index contributed by atoms with van der Waals surface area (Å²) in [4.78, 5) is 0. The molecule has 0 aliphatic heterocycles. The van der Waals surface area contributed by atoms with E-state index in [2.05, 4.69) is 37.0 Å². The SMILES string of the molecule is CCCc1ccccc1C#Cc1ccccc1. The second-order valence-electron chi connectivity index (χ2n) is 4.02. The summed E-state index contributed by atoms with van der Waals surface area (Å²) in [6, 6.07) is 18.5. The molecule has 0 radical (unpaired) electrons. The van der Waals surface area contributed by atoms with Crippen molar-refractivity contribution in [2.75, 3.05) is 0 Å². The van der Waals surface area contributed by atoms with Gasteiger partial charge in [0.2, 0.25) is 0 Å². The molecule has 2 aromatic rings. The van der Waals surface area contributed by atoms with Crippen LogP contribution in [0.3, 0.4) is 0 Å². The molecule has 0 saturated heterocycles. The Hall–Kier alpha value is -2.00. The summed E-state index contributed by atoms with van der Waals surface area (Å²) in [5, 5.41) is 0. The molecule has 0 aromatic heterocycles. The number of hydrogen-bond donors (Lipinski definition) is 0. The molecule has 0 saturated carbocycles. The lowest BCUT2D eigenvalue weighted by molar-refractivity contribution is 0.919. The van der Waals surface area contributed by atoms with Crippen LogP contribution < -0.4 is 0 Å². The van der Waals surface area contributed by atoms with Gasteiger partial charge in [0, 0.05) is 11.1 Å². The van der Waals surface area contributed by atoms with Crippen LogP contribution in [-0.2, 0) is 6.42 Å². The molecular formula is C17H16. The van der Waals surface area contributed by atoms with Crippen molar-refractivity contribution in [3.63, 3.8) is 0 Å². The van der Waals surface area contributed by atoms with Crippen LogP contribution >= 0.6 is 0 Å². The van der Waals surface area contributed by atoms with Gasteiger partial charge >= 0.3 is 0 Å². The van der Waals surface area contributed by atoms with E-state index >= 15 is 0 Å². The predicted molar refractivity (Wildman–Crippen MR) is 72.9 cm³/mol. The van der Waals surface area contributed by atoms with E-state index in [-0.39, 0.29) is 0 Å². The average molecular weight is 220 g/mol. The Morgan fingerprint density at radius 3 is 2.29 bits per heavy atom. The monoisotopic (exact) mass is 220 g/mol. The van der Waals surface area contributed by atoms with E-state index in [1.165, 1.54) is 5.56 Å². The van der Waals surface area contributed by atoms with Crippen molar-refractivity contribution in [2.24, 2.45) is 0 Å². The Kier molecular flexibility index (Phi) is 4.00. The predicted octanol–water partition coefficient (Wildman–Crippen LogP) is 4.04. The molecule has 0 spiro atoms. The van der Waals surface area contributed by atoms with Crippen LogP contribution in [0.15, 0.2) is 54.6 Å². The zero-order valence-electron chi connectivity index (χ0n) is 10.1. The molecular weight excluding hydrogens is 204 g/mol. The van der Waals surface area contributed by atoms with Gasteiger partial charge in [-0.25, -0.2) is 0 Å². The lowest BCUT2D eigenvalue weighted by atomic mass is 10.0. The Bertz CT molecular complexity index is 527. The minimum atomic E-state index is 1.07. The van der Waals surface area contributed by atoms with Crippen LogP contribution in [0.1, 0.15) is 30.0 Å². The number of rotatable bonds is 2. The molecule has 0 N–H and O–H groups in total. The standard InChI is InChI=1S/C17H16/c1-2-8-16-11-6-7-12-17(16)14-13-15-9-4-3-5-10-15/h3-7,9-12H,2,8H2,1H3. The first kappa shape index (κ1) is 11.5. The Balaban J connectivity index is 2.27. The van der Waals surface area contributed by atoms with E-state index < -0.39 is 0 Å². The molecule has 0 aliphatic rings. The molecule has 0 amide bonds. The van der Waals surface area contributed by atoms with Gasteiger partial charge in [0.05, 0.1) is 0 Å². The highest BCUT2D eigenvalue weighted by atomic mass is 14.0. The van der Waals surface area contributed by atoms with Crippen LogP contribution in [0.25, 0.3) is 0 Å². The fourth-order valence-corrected chi connectivity index (χ4v) is 1.79. The summed E-state index contributed by atoms with van der Waals surface area (Å²) < 4.78 is 0. The fourth-order valence-electron chi connectivity index (χ4n) is 1.79. The topological polar surface area (TPSA) is 0 Å². The van der Waals surface area contributed by atoms with Gasteiger partial charge in [-0.15, -0.1) is 0 Å². The number of hydrogen-bond acceptors (Lipinski definition) is 0. The third kappa shape index (κ3) is 3.23. The van der Waals surface area contributed by atoms with Crippen molar-refractivity contribution in [3.05, 3.63) is 71.3 Å². The Morgan fingerprint density at radius 1 is 0.824 bits per heavy atom. The van der Waals surface area contributed by atoms with E-state index in [1.807, 2.05) is 36.4 Å². The summed E-state index contributed by atoms with van der Waals surface area (Å²) >= 11 is 0. The molecule has 2 rings (SSSR count). The van der Waals surface area contributed by atoms with Gasteiger partial charge in [-0.1, -0.05) is 61.6 Å². The minimum absolute atomic E-state index is 1.07. The van der Waals surface area contributed by atoms with Gasteiger partial charge in [0.15, 0.2) is 0 Å². The van der Waals surface area contributed by atoms with Crippen molar-refractivity contribution in [1.29, 1.82) is 0 Å². The van der Waals surface area contributed by atoms with Gasteiger partial charge in [0.25, 0.3) is 0 Å². The summed E-state index contributed by atoms with van der Waals surface area (Å²) in [5.74, 6) is 6.47. The normalized spacial score (nSPS) is 9.47. The molecule has 0 aliphatic carbocycles. The molecule has 2 aromatic carbocycles. The third-order valence-corrected chi connectivity index (χ3v) is 2.65. The minimum Gasteiger partial charge on any atom is -0.0651 e. The molecule has 0 bridgehead atoms. The summed E-state index contributed by atoms with van der Waals surface area (Å²) in [6.45, 7) is 2.20. The molecule has 0 unspecified atom stereocenters. The van der Waals surface area contributed by atoms with Gasteiger partial charge < -0.3 is 0 Å². The lowest BCUT2D eigenvalue weighted by Gasteiger charge is -2.01. The van der Waals surface area contributed by atoms with Crippen LogP contribution in [0, 0.1) is 11.8 Å². The first-order valence-electron chi connectivity index (χ1n) is 6.05. The second-order valence-corrected chi connectivity index (χ2v) is 4.02. The van der Waals surface area contributed by atoms with Gasteiger partial charge in [-0.05, 0) is 30.2 Å². The summed E-state index contributed by atoms with van der Waals surface area (Å²) in [5.41, 5.74) is 3.57. The van der Waals surface area contributed by atoms with Gasteiger partial charge in [-0.2, -0.15) is 0 Å². The molecule has 84 valence electrons. The first-order valence-corrected chi connectivity index (χ1v) is 6.05. The smallest absolute Gasteiger partial charge is 0.0281 e. The highest BCUT2D eigenvalue weighted by Crippen LogP contribution is 2.10. The van der Waals surface area contributed by atoms with Crippen molar-refractivity contribution < 1.29 is 0 Å². The average Bonchev–Trinajstić information content (AvgIpc) is 2.39. The maximum atomic E-state index is 3.26. The first-order chi connectivity index (χ1) is 8.40. The molecule has 0 heterocycles. The Morgan fingerprint density at radius 2 is 1.53 bits per heavy atom.